The fourth-order valence-electron chi connectivity index (χ4n) is 1.96. The number of carbonyl (C=O) groups excluding carboxylic acids is 1. The SMILES string of the molecule is Cc1ccc(O[C@H](C)C(=O)Nc2ccc(C)c(Cl)c2)cc1C. The minimum atomic E-state index is -0.595. The number of aryl methyl sites for hydroxylation is 3. The predicted octanol–water partition coefficient (Wildman–Crippen LogP) is 4.67. The third kappa shape index (κ3) is 4.01. The molecule has 1 atom stereocenters. The van der Waals surface area contributed by atoms with E-state index in [1.54, 1.807) is 13.0 Å². The zero-order valence-corrected chi connectivity index (χ0v) is 14.0. The molecule has 116 valence electrons. The number of halogens is 1. The summed E-state index contributed by atoms with van der Waals surface area (Å²) in [4.78, 5) is 12.2. The molecule has 22 heavy (non-hydrogen) atoms. The van der Waals surface area contributed by atoms with Crippen molar-refractivity contribution in [3.8, 4) is 5.75 Å². The number of hydrogen-bond donors (Lipinski definition) is 1. The van der Waals surface area contributed by atoms with E-state index in [1.807, 2.05) is 51.1 Å². The average Bonchev–Trinajstić information content (AvgIpc) is 2.46. The van der Waals surface area contributed by atoms with Crippen LogP contribution in [0, 0.1) is 20.8 Å². The lowest BCUT2D eigenvalue weighted by atomic mass is 10.1. The molecule has 0 aliphatic rings. The Labute approximate surface area is 136 Å². The van der Waals surface area contributed by atoms with E-state index in [0.717, 1.165) is 11.1 Å². The molecule has 0 unspecified atom stereocenters. The van der Waals surface area contributed by atoms with Crippen LogP contribution in [0.2, 0.25) is 5.02 Å². The Hall–Kier alpha value is -2.00. The van der Waals surface area contributed by atoms with Gasteiger partial charge in [0.2, 0.25) is 0 Å². The third-order valence-corrected chi connectivity index (χ3v) is 4.01. The zero-order chi connectivity index (χ0) is 16.3. The molecule has 0 fully saturated rings. The molecular weight excluding hydrogens is 298 g/mol. The number of ether oxygens (including phenoxy) is 1. The molecule has 0 aliphatic carbocycles. The molecule has 2 aromatic rings. The van der Waals surface area contributed by atoms with Crippen LogP contribution in [-0.2, 0) is 4.79 Å². The molecule has 0 spiro atoms. The van der Waals surface area contributed by atoms with Gasteiger partial charge in [0.1, 0.15) is 5.75 Å². The number of benzene rings is 2. The number of anilines is 1. The summed E-state index contributed by atoms with van der Waals surface area (Å²) in [6.45, 7) is 7.69. The van der Waals surface area contributed by atoms with Crippen molar-refractivity contribution in [3.63, 3.8) is 0 Å². The normalized spacial score (nSPS) is 11.9. The summed E-state index contributed by atoms with van der Waals surface area (Å²) in [5.41, 5.74) is 3.96. The van der Waals surface area contributed by atoms with Gasteiger partial charge in [0.05, 0.1) is 0 Å². The Morgan fingerprint density at radius 1 is 1.05 bits per heavy atom. The highest BCUT2D eigenvalue weighted by Crippen LogP contribution is 2.21. The van der Waals surface area contributed by atoms with Crippen molar-refractivity contribution in [3.05, 3.63) is 58.1 Å². The maximum absolute atomic E-state index is 12.2. The molecule has 0 heterocycles. The van der Waals surface area contributed by atoms with E-state index in [1.165, 1.54) is 5.56 Å². The van der Waals surface area contributed by atoms with Crippen LogP contribution in [0.3, 0.4) is 0 Å². The van der Waals surface area contributed by atoms with Crippen LogP contribution >= 0.6 is 11.6 Å². The van der Waals surface area contributed by atoms with Crippen molar-refractivity contribution in [2.75, 3.05) is 5.32 Å². The van der Waals surface area contributed by atoms with Gasteiger partial charge in [-0.3, -0.25) is 4.79 Å². The maximum atomic E-state index is 12.2. The molecule has 2 rings (SSSR count). The van der Waals surface area contributed by atoms with Crippen LogP contribution in [-0.4, -0.2) is 12.0 Å². The predicted molar refractivity (Wildman–Crippen MR) is 90.8 cm³/mol. The first-order valence-electron chi connectivity index (χ1n) is 7.18. The van der Waals surface area contributed by atoms with Crippen LogP contribution in [0.25, 0.3) is 0 Å². The van der Waals surface area contributed by atoms with Crippen LogP contribution in [0.5, 0.6) is 5.75 Å². The minimum Gasteiger partial charge on any atom is -0.481 e. The number of hydrogen-bond acceptors (Lipinski definition) is 2. The summed E-state index contributed by atoms with van der Waals surface area (Å²) >= 11 is 6.06. The van der Waals surface area contributed by atoms with Crippen molar-refractivity contribution in [2.24, 2.45) is 0 Å². The third-order valence-electron chi connectivity index (χ3n) is 3.60. The lowest BCUT2D eigenvalue weighted by Crippen LogP contribution is -2.30. The molecule has 1 amide bonds. The second-order valence-electron chi connectivity index (χ2n) is 5.46. The van der Waals surface area contributed by atoms with Gasteiger partial charge in [-0.2, -0.15) is 0 Å². The zero-order valence-electron chi connectivity index (χ0n) is 13.2. The van der Waals surface area contributed by atoms with Gasteiger partial charge in [0.15, 0.2) is 6.10 Å². The molecule has 2 aromatic carbocycles. The molecule has 3 nitrogen and oxygen atoms in total. The van der Waals surface area contributed by atoms with Gasteiger partial charge in [-0.15, -0.1) is 0 Å². The van der Waals surface area contributed by atoms with E-state index in [4.69, 9.17) is 16.3 Å². The van der Waals surface area contributed by atoms with Crippen LogP contribution in [0.15, 0.2) is 36.4 Å². The summed E-state index contributed by atoms with van der Waals surface area (Å²) in [5.74, 6) is 0.478. The molecule has 0 saturated carbocycles. The van der Waals surface area contributed by atoms with Gasteiger partial charge >= 0.3 is 0 Å². The quantitative estimate of drug-likeness (QED) is 0.889. The van der Waals surface area contributed by atoms with E-state index in [0.29, 0.717) is 16.5 Å². The number of rotatable bonds is 4. The van der Waals surface area contributed by atoms with Crippen LogP contribution in [0.4, 0.5) is 5.69 Å². The number of amides is 1. The summed E-state index contributed by atoms with van der Waals surface area (Å²) in [6.07, 6.45) is -0.595. The fraction of sp³-hybridized carbons (Fsp3) is 0.278. The van der Waals surface area contributed by atoms with Gasteiger partial charge in [-0.1, -0.05) is 23.7 Å². The Balaban J connectivity index is 2.02. The largest absolute Gasteiger partial charge is 0.481 e. The molecule has 0 aliphatic heterocycles. The second kappa shape index (κ2) is 6.84. The van der Waals surface area contributed by atoms with Gasteiger partial charge in [0, 0.05) is 10.7 Å². The molecular formula is C18H20ClNO2. The average molecular weight is 318 g/mol. The smallest absolute Gasteiger partial charge is 0.265 e. The van der Waals surface area contributed by atoms with Crippen LogP contribution in [0.1, 0.15) is 23.6 Å². The molecule has 0 saturated heterocycles. The molecule has 0 radical (unpaired) electrons. The second-order valence-corrected chi connectivity index (χ2v) is 5.87. The lowest BCUT2D eigenvalue weighted by Gasteiger charge is -2.16. The van der Waals surface area contributed by atoms with E-state index in [-0.39, 0.29) is 5.91 Å². The monoisotopic (exact) mass is 317 g/mol. The Kier molecular flexibility index (Phi) is 5.09. The van der Waals surface area contributed by atoms with E-state index >= 15 is 0 Å². The van der Waals surface area contributed by atoms with E-state index < -0.39 is 6.10 Å². The highest BCUT2D eigenvalue weighted by Gasteiger charge is 2.15. The minimum absolute atomic E-state index is 0.210. The Morgan fingerprint density at radius 2 is 1.73 bits per heavy atom. The summed E-state index contributed by atoms with van der Waals surface area (Å²) in [7, 11) is 0. The van der Waals surface area contributed by atoms with Crippen molar-refractivity contribution in [2.45, 2.75) is 33.8 Å². The summed E-state index contributed by atoms with van der Waals surface area (Å²) in [5, 5.41) is 3.43. The highest BCUT2D eigenvalue weighted by atomic mass is 35.5. The Bertz CT molecular complexity index is 697. The molecule has 4 heteroatoms. The number of nitrogens with one attached hydrogen (secondary N) is 1. The summed E-state index contributed by atoms with van der Waals surface area (Å²) in [6, 6.07) is 11.2. The molecule has 0 aromatic heterocycles. The van der Waals surface area contributed by atoms with Crippen molar-refractivity contribution >= 4 is 23.2 Å². The lowest BCUT2D eigenvalue weighted by molar-refractivity contribution is -0.122. The van der Waals surface area contributed by atoms with Crippen molar-refractivity contribution < 1.29 is 9.53 Å². The highest BCUT2D eigenvalue weighted by molar-refractivity contribution is 6.31. The van der Waals surface area contributed by atoms with Gasteiger partial charge in [-0.25, -0.2) is 0 Å². The maximum Gasteiger partial charge on any atom is 0.265 e. The van der Waals surface area contributed by atoms with Crippen LogP contribution < -0.4 is 10.1 Å². The van der Waals surface area contributed by atoms with Gasteiger partial charge in [-0.05, 0) is 68.7 Å². The topological polar surface area (TPSA) is 38.3 Å². The number of carbonyl (C=O) groups is 1. The van der Waals surface area contributed by atoms with E-state index in [2.05, 4.69) is 5.32 Å². The van der Waals surface area contributed by atoms with Crippen molar-refractivity contribution in [1.29, 1.82) is 0 Å². The first kappa shape index (κ1) is 16.4. The van der Waals surface area contributed by atoms with Crippen molar-refractivity contribution in [1.82, 2.24) is 0 Å². The summed E-state index contributed by atoms with van der Waals surface area (Å²) < 4.78 is 5.69. The van der Waals surface area contributed by atoms with E-state index in [9.17, 15) is 4.79 Å². The fourth-order valence-corrected chi connectivity index (χ4v) is 2.14. The Morgan fingerprint density at radius 3 is 2.36 bits per heavy atom. The standard InChI is InChI=1S/C18H20ClNO2/c1-11-6-8-16(9-13(11)3)22-14(4)18(21)20-15-7-5-12(2)17(19)10-15/h5-10,14H,1-4H3,(H,20,21)/t14-/m1/s1. The molecule has 1 N–H and O–H groups in total. The van der Waals surface area contributed by atoms with Gasteiger partial charge in [0.25, 0.3) is 5.91 Å². The first-order chi connectivity index (χ1) is 10.4. The van der Waals surface area contributed by atoms with Gasteiger partial charge < -0.3 is 10.1 Å². The first-order valence-corrected chi connectivity index (χ1v) is 7.55. The molecule has 0 bridgehead atoms.